The number of aromatic nitrogens is 1. The van der Waals surface area contributed by atoms with Gasteiger partial charge in [-0.3, -0.25) is 0 Å². The van der Waals surface area contributed by atoms with Crippen LogP contribution in [0.3, 0.4) is 0 Å². The van der Waals surface area contributed by atoms with E-state index in [4.69, 9.17) is 36.0 Å². The van der Waals surface area contributed by atoms with E-state index in [-0.39, 0.29) is 5.46 Å². The Bertz CT molecular complexity index is 2230. The number of aliphatic imine (C=N–C) groups is 1. The number of rotatable bonds is 4. The van der Waals surface area contributed by atoms with E-state index in [1.165, 1.54) is 23.9 Å². The number of pyridine rings is 1. The van der Waals surface area contributed by atoms with E-state index in [1.807, 2.05) is 66.7 Å². The van der Waals surface area contributed by atoms with Gasteiger partial charge in [0.25, 0.3) is 0 Å². The molecule has 53 heavy (non-hydrogen) atoms. The zero-order valence-corrected chi connectivity index (χ0v) is 31.8. The van der Waals surface area contributed by atoms with E-state index < -0.39 is 18.6 Å². The first kappa shape index (κ1) is 40.2. The van der Waals surface area contributed by atoms with E-state index in [1.54, 1.807) is 31.4 Å². The lowest BCUT2D eigenvalue weighted by Crippen LogP contribution is -2.33. The second-order valence-electron chi connectivity index (χ2n) is 11.3. The van der Waals surface area contributed by atoms with Gasteiger partial charge in [-0.2, -0.15) is 14.9 Å². The molecule has 0 spiro atoms. The number of halogens is 3. The first-order chi connectivity index (χ1) is 25.5. The van der Waals surface area contributed by atoms with Crippen LogP contribution in [0.15, 0.2) is 154 Å². The maximum Gasteiger partial charge on any atom is 0.493 e. The summed E-state index contributed by atoms with van der Waals surface area (Å²) in [5.74, 6) is 0.528. The number of amidine groups is 1. The van der Waals surface area contributed by atoms with Crippen LogP contribution in [-0.2, 0) is 5.54 Å². The molecule has 1 aliphatic heterocycles. The van der Waals surface area contributed by atoms with Crippen LogP contribution in [0, 0.1) is 35.5 Å². The Morgan fingerprint density at radius 2 is 1.36 bits per heavy atom. The zero-order chi connectivity index (χ0) is 38.4. The van der Waals surface area contributed by atoms with Crippen molar-refractivity contribution in [3.05, 3.63) is 193 Å². The molecule has 12 heteroatoms. The average Bonchev–Trinajstić information content (AvgIpc) is 3.48. The van der Waals surface area contributed by atoms with Crippen molar-refractivity contribution in [2.24, 2.45) is 10.7 Å². The summed E-state index contributed by atoms with van der Waals surface area (Å²) in [6, 6.07) is 45.9. The van der Waals surface area contributed by atoms with Gasteiger partial charge in [0.05, 0.1) is 18.2 Å². The number of fused-ring (bicyclic) bond motifs is 1. The number of nitriles is 2. The minimum atomic E-state index is -1.78. The predicted octanol–water partition coefficient (Wildman–Crippen LogP) is 7.56. The topological polar surface area (TPSA) is 149 Å². The van der Waals surface area contributed by atoms with Crippen LogP contribution in [0.2, 0.25) is 0 Å². The number of aryl methyl sites for hydroxylation is 1. The van der Waals surface area contributed by atoms with Crippen molar-refractivity contribution in [1.82, 2.24) is 4.98 Å². The lowest BCUT2D eigenvalue weighted by Gasteiger charge is -2.29. The summed E-state index contributed by atoms with van der Waals surface area (Å²) in [7, 11) is -0.117. The summed E-state index contributed by atoms with van der Waals surface area (Å²) in [6.07, 6.45) is 1.24. The van der Waals surface area contributed by atoms with Gasteiger partial charge in [0, 0.05) is 26.2 Å². The summed E-state index contributed by atoms with van der Waals surface area (Å²) >= 11 is 6.95. The largest absolute Gasteiger partial charge is 0.497 e. The van der Waals surface area contributed by atoms with Gasteiger partial charge < -0.3 is 20.5 Å². The lowest BCUT2D eigenvalue weighted by molar-refractivity contribution is 0.414. The zero-order valence-electron chi connectivity index (χ0n) is 28.7. The maximum atomic E-state index is 12.4. The van der Waals surface area contributed by atoms with Crippen LogP contribution >= 0.6 is 31.9 Å². The van der Waals surface area contributed by atoms with Crippen molar-refractivity contribution in [3.8, 4) is 17.9 Å². The third-order valence-electron chi connectivity index (χ3n) is 7.85. The van der Waals surface area contributed by atoms with Gasteiger partial charge in [-0.25, -0.2) is 9.98 Å². The number of hydrogen-bond acceptors (Lipinski definition) is 8. The number of ether oxygens (including phenoxy) is 1. The van der Waals surface area contributed by atoms with Crippen LogP contribution in [0.1, 0.15) is 38.9 Å². The summed E-state index contributed by atoms with van der Waals surface area (Å²) < 4.78 is 19.9. The molecule has 4 N–H and O–H groups in total. The second kappa shape index (κ2) is 19.3. The first-order valence-corrected chi connectivity index (χ1v) is 17.6. The third kappa shape index (κ3) is 10.3. The standard InChI is InChI=1S/C21H17BrN2O.C8H4N2.C7H7Br.C5H5BFNO2/c1-25-17-11-9-14(10-12-17)21(15-5-4-6-16(22)13-15)19-8-3-2-7-18(19)20(23)24-21;9-5-7-3-1-2-4-8(7)6-10;1-6-3-2-4-7(8)5-6;7-5-4(6(9)10)2-1-3-8-5/h2-13H,1H3,(H2,23,24);1-4H;2-5H,1H3;1-3,9-10H. The maximum absolute atomic E-state index is 12.4. The number of nitrogens with two attached hydrogens (primary N) is 1. The molecule has 0 saturated carbocycles. The molecule has 6 aromatic rings. The van der Waals surface area contributed by atoms with E-state index in [2.05, 4.69) is 86.2 Å². The SMILES string of the molecule is COc1ccc(C2(c3cccc(Br)c3)N=C(N)c3ccccc32)cc1.Cc1cccc(Br)c1.N#Cc1ccccc1C#N.OB(O)c1cccnc1F. The number of methoxy groups -OCH3 is 1. The third-order valence-corrected chi connectivity index (χ3v) is 8.83. The average molecular weight is 833 g/mol. The molecule has 8 nitrogen and oxygen atoms in total. The number of nitrogens with zero attached hydrogens (tertiary/aromatic N) is 4. The molecule has 0 bridgehead atoms. The smallest absolute Gasteiger partial charge is 0.493 e. The second-order valence-corrected chi connectivity index (χ2v) is 13.1. The van der Waals surface area contributed by atoms with E-state index in [0.29, 0.717) is 17.0 Å². The van der Waals surface area contributed by atoms with Crippen molar-refractivity contribution < 1.29 is 19.2 Å². The molecule has 2 heterocycles. The molecule has 0 aliphatic carbocycles. The molecule has 7 rings (SSSR count). The van der Waals surface area contributed by atoms with Gasteiger partial charge in [-0.1, -0.05) is 116 Å². The van der Waals surface area contributed by atoms with Gasteiger partial charge in [0.1, 0.15) is 29.3 Å². The first-order valence-electron chi connectivity index (χ1n) is 16.0. The van der Waals surface area contributed by atoms with Gasteiger partial charge >= 0.3 is 7.12 Å². The Labute approximate surface area is 325 Å². The Morgan fingerprint density at radius 3 is 1.87 bits per heavy atom. The normalized spacial score (nSPS) is 13.4. The molecule has 1 aliphatic rings. The predicted molar refractivity (Wildman–Crippen MR) is 213 cm³/mol. The minimum Gasteiger partial charge on any atom is -0.497 e. The number of benzene rings is 5. The van der Waals surface area contributed by atoms with Crippen LogP contribution in [0.25, 0.3) is 0 Å². The minimum absolute atomic E-state index is 0.206. The van der Waals surface area contributed by atoms with Crippen LogP contribution < -0.4 is 15.9 Å². The fourth-order valence-corrected chi connectivity index (χ4v) is 6.26. The lowest BCUT2D eigenvalue weighted by atomic mass is 9.77. The number of hydrogen-bond donors (Lipinski definition) is 3. The molecule has 0 fully saturated rings. The van der Waals surface area contributed by atoms with Crippen molar-refractivity contribution in [1.29, 1.82) is 10.5 Å². The van der Waals surface area contributed by atoms with Crippen LogP contribution in [0.4, 0.5) is 4.39 Å². The molecule has 264 valence electrons. The highest BCUT2D eigenvalue weighted by Crippen LogP contribution is 2.46. The monoisotopic (exact) mass is 831 g/mol. The molecule has 0 radical (unpaired) electrons. The molecule has 0 amide bonds. The van der Waals surface area contributed by atoms with Crippen LogP contribution in [-0.4, -0.2) is 35.1 Å². The van der Waals surface area contributed by atoms with Crippen molar-refractivity contribution in [2.45, 2.75) is 12.5 Å². The fourth-order valence-electron chi connectivity index (χ4n) is 5.35. The van der Waals surface area contributed by atoms with Crippen molar-refractivity contribution in [2.75, 3.05) is 7.11 Å². The molecule has 1 unspecified atom stereocenters. The molecule has 1 atom stereocenters. The Hall–Kier alpha value is -5.63. The highest BCUT2D eigenvalue weighted by atomic mass is 79.9. The van der Waals surface area contributed by atoms with Gasteiger partial charge in [-0.05, 0) is 78.2 Å². The van der Waals surface area contributed by atoms with Crippen molar-refractivity contribution in [3.63, 3.8) is 0 Å². The summed E-state index contributed by atoms with van der Waals surface area (Å²) in [5, 5.41) is 33.9. The van der Waals surface area contributed by atoms with Gasteiger partial charge in [0.15, 0.2) is 0 Å². The fraction of sp³-hybridized carbons (Fsp3) is 0.0732. The molecular weight excluding hydrogens is 800 g/mol. The summed E-state index contributed by atoms with van der Waals surface area (Å²) in [4.78, 5) is 8.17. The van der Waals surface area contributed by atoms with Gasteiger partial charge in [-0.15, -0.1) is 0 Å². The summed E-state index contributed by atoms with van der Waals surface area (Å²) in [5.41, 5.74) is 11.8. The molecule has 1 aromatic heterocycles. The molecular formula is C41H33BBr2FN5O3. The highest BCUT2D eigenvalue weighted by Gasteiger charge is 2.42. The van der Waals surface area contributed by atoms with E-state index >= 15 is 0 Å². The molecule has 5 aromatic carbocycles. The highest BCUT2D eigenvalue weighted by molar-refractivity contribution is 9.10. The Balaban J connectivity index is 0.000000184. The Morgan fingerprint density at radius 1 is 0.755 bits per heavy atom. The quantitative estimate of drug-likeness (QED) is 0.123. The van der Waals surface area contributed by atoms with E-state index in [0.717, 1.165) is 36.9 Å². The van der Waals surface area contributed by atoms with Gasteiger partial charge in [0.2, 0.25) is 5.95 Å². The Kier molecular flexibility index (Phi) is 14.6. The van der Waals surface area contributed by atoms with Crippen LogP contribution in [0.5, 0.6) is 5.75 Å². The van der Waals surface area contributed by atoms with Crippen molar-refractivity contribution >= 4 is 50.3 Å². The molecule has 0 saturated heterocycles. The van der Waals surface area contributed by atoms with E-state index in [9.17, 15) is 4.39 Å². The summed E-state index contributed by atoms with van der Waals surface area (Å²) in [6.45, 7) is 2.07.